The van der Waals surface area contributed by atoms with Crippen molar-refractivity contribution in [2.45, 2.75) is 12.8 Å². The maximum absolute atomic E-state index is 8.75. The first-order valence-electron chi connectivity index (χ1n) is 4.32. The normalized spacial score (nSPS) is 11.8. The van der Waals surface area contributed by atoms with Crippen molar-refractivity contribution in [3.63, 3.8) is 0 Å². The van der Waals surface area contributed by atoms with Gasteiger partial charge >= 0.3 is 0 Å². The first-order valence-corrected chi connectivity index (χ1v) is 4.32. The van der Waals surface area contributed by atoms with Crippen LogP contribution in [0.1, 0.15) is 18.4 Å². The Bertz CT molecular complexity index is 323. The Morgan fingerprint density at radius 3 is 2.62 bits per heavy atom. The van der Waals surface area contributed by atoms with Gasteiger partial charge in [-0.2, -0.15) is 5.26 Å². The van der Waals surface area contributed by atoms with Crippen molar-refractivity contribution in [2.75, 3.05) is 19.0 Å². The summed E-state index contributed by atoms with van der Waals surface area (Å²) in [6.45, 7) is 1.91. The van der Waals surface area contributed by atoms with Crippen molar-refractivity contribution < 1.29 is 0 Å². The van der Waals surface area contributed by atoms with Crippen molar-refractivity contribution in [3.8, 4) is 6.07 Å². The van der Waals surface area contributed by atoms with Gasteiger partial charge in [0.1, 0.15) is 0 Å². The van der Waals surface area contributed by atoms with Crippen LogP contribution in [0.5, 0.6) is 0 Å². The molecular formula is C11H14N2. The lowest BCUT2D eigenvalue weighted by Gasteiger charge is -2.14. The van der Waals surface area contributed by atoms with Gasteiger partial charge in [0.15, 0.2) is 0 Å². The number of benzene rings is 1. The van der Waals surface area contributed by atoms with Gasteiger partial charge < -0.3 is 4.90 Å². The molecule has 2 heteroatoms. The third-order valence-corrected chi connectivity index (χ3v) is 2.08. The van der Waals surface area contributed by atoms with Gasteiger partial charge in [0.2, 0.25) is 0 Å². The maximum atomic E-state index is 8.75. The highest BCUT2D eigenvalue weighted by Crippen LogP contribution is 2.19. The van der Waals surface area contributed by atoms with Gasteiger partial charge in [0.05, 0.1) is 12.0 Å². The van der Waals surface area contributed by atoms with E-state index in [9.17, 15) is 0 Å². The molecule has 0 heterocycles. The molecule has 0 aromatic heterocycles. The van der Waals surface area contributed by atoms with Crippen molar-refractivity contribution in [1.82, 2.24) is 0 Å². The largest absolute Gasteiger partial charge is 0.378 e. The van der Waals surface area contributed by atoms with E-state index >= 15 is 0 Å². The van der Waals surface area contributed by atoms with E-state index < -0.39 is 0 Å². The van der Waals surface area contributed by atoms with Crippen LogP contribution in [0.15, 0.2) is 24.3 Å². The molecule has 0 radical (unpaired) electrons. The summed E-state index contributed by atoms with van der Waals surface area (Å²) in [5, 5.41) is 8.75. The minimum Gasteiger partial charge on any atom is -0.378 e. The zero-order chi connectivity index (χ0) is 9.84. The first kappa shape index (κ1) is 9.60. The average Bonchev–Trinajstić information content (AvgIpc) is 2.17. The van der Waals surface area contributed by atoms with Crippen molar-refractivity contribution in [1.29, 1.82) is 5.26 Å². The van der Waals surface area contributed by atoms with Crippen molar-refractivity contribution >= 4 is 5.69 Å². The molecule has 68 valence electrons. The Morgan fingerprint density at radius 1 is 1.38 bits per heavy atom. The summed E-state index contributed by atoms with van der Waals surface area (Å²) >= 11 is 0. The summed E-state index contributed by atoms with van der Waals surface area (Å²) < 4.78 is 0. The summed E-state index contributed by atoms with van der Waals surface area (Å²) in [6.07, 6.45) is 0. The molecule has 0 aliphatic heterocycles. The molecule has 0 saturated heterocycles. The molecule has 0 aliphatic carbocycles. The lowest BCUT2D eigenvalue weighted by atomic mass is 10.0. The average molecular weight is 174 g/mol. The van der Waals surface area contributed by atoms with E-state index in [0.29, 0.717) is 0 Å². The van der Waals surface area contributed by atoms with Crippen LogP contribution in [-0.2, 0) is 0 Å². The quantitative estimate of drug-likeness (QED) is 0.688. The SMILES string of the molecule is CC(C#N)c1cccc(N(C)C)c1. The molecule has 1 atom stereocenters. The van der Waals surface area contributed by atoms with E-state index in [-0.39, 0.29) is 5.92 Å². The van der Waals surface area contributed by atoms with Crippen LogP contribution in [0.2, 0.25) is 0 Å². The van der Waals surface area contributed by atoms with E-state index in [4.69, 9.17) is 5.26 Å². The van der Waals surface area contributed by atoms with E-state index in [1.807, 2.05) is 50.2 Å². The third kappa shape index (κ3) is 2.22. The van der Waals surface area contributed by atoms with Crippen LogP contribution in [0.3, 0.4) is 0 Å². The van der Waals surface area contributed by atoms with E-state index in [2.05, 4.69) is 6.07 Å². The Labute approximate surface area is 79.4 Å². The molecule has 0 fully saturated rings. The van der Waals surface area contributed by atoms with E-state index in [1.165, 1.54) is 0 Å². The smallest absolute Gasteiger partial charge is 0.0700 e. The summed E-state index contributed by atoms with van der Waals surface area (Å²) in [5.74, 6) is -0.0279. The highest BCUT2D eigenvalue weighted by Gasteiger charge is 2.04. The molecule has 1 aromatic carbocycles. The molecule has 1 aromatic rings. The van der Waals surface area contributed by atoms with Gasteiger partial charge in [-0.05, 0) is 24.6 Å². The third-order valence-electron chi connectivity index (χ3n) is 2.08. The number of nitriles is 1. The Balaban J connectivity index is 3.00. The standard InChI is InChI=1S/C11H14N2/c1-9(8-12)10-5-4-6-11(7-10)13(2)3/h4-7,9H,1-3H3. The van der Waals surface area contributed by atoms with Crippen LogP contribution >= 0.6 is 0 Å². The minimum absolute atomic E-state index is 0.0279. The number of hydrogen-bond acceptors (Lipinski definition) is 2. The van der Waals surface area contributed by atoms with Crippen molar-refractivity contribution in [3.05, 3.63) is 29.8 Å². The fraction of sp³-hybridized carbons (Fsp3) is 0.364. The minimum atomic E-state index is -0.0279. The first-order chi connectivity index (χ1) is 6.15. The molecule has 0 N–H and O–H groups in total. The van der Waals surface area contributed by atoms with Crippen LogP contribution in [-0.4, -0.2) is 14.1 Å². The molecule has 0 aliphatic rings. The molecule has 2 nitrogen and oxygen atoms in total. The molecule has 0 saturated carbocycles. The summed E-state index contributed by atoms with van der Waals surface area (Å²) in [7, 11) is 3.99. The molecule has 0 spiro atoms. The Kier molecular flexibility index (Phi) is 2.92. The van der Waals surface area contributed by atoms with Gasteiger partial charge in [-0.3, -0.25) is 0 Å². The molecule has 0 bridgehead atoms. The van der Waals surface area contributed by atoms with Gasteiger partial charge in [-0.1, -0.05) is 12.1 Å². The topological polar surface area (TPSA) is 27.0 Å². The zero-order valence-corrected chi connectivity index (χ0v) is 8.28. The number of hydrogen-bond donors (Lipinski definition) is 0. The summed E-state index contributed by atoms with van der Waals surface area (Å²) in [4.78, 5) is 2.04. The maximum Gasteiger partial charge on any atom is 0.0700 e. The Hall–Kier alpha value is -1.49. The second-order valence-electron chi connectivity index (χ2n) is 3.34. The van der Waals surface area contributed by atoms with E-state index in [1.54, 1.807) is 0 Å². The highest BCUT2D eigenvalue weighted by atomic mass is 15.1. The monoisotopic (exact) mass is 174 g/mol. The predicted molar refractivity (Wildman–Crippen MR) is 54.8 cm³/mol. The highest BCUT2D eigenvalue weighted by molar-refractivity contribution is 5.48. The van der Waals surface area contributed by atoms with Gasteiger partial charge in [-0.15, -0.1) is 0 Å². The van der Waals surface area contributed by atoms with Gasteiger partial charge in [-0.25, -0.2) is 0 Å². The predicted octanol–water partition coefficient (Wildman–Crippen LogP) is 2.38. The second-order valence-corrected chi connectivity index (χ2v) is 3.34. The summed E-state index contributed by atoms with van der Waals surface area (Å²) in [5.41, 5.74) is 2.22. The number of rotatable bonds is 2. The van der Waals surface area contributed by atoms with Crippen LogP contribution in [0.25, 0.3) is 0 Å². The molecular weight excluding hydrogens is 160 g/mol. The summed E-state index contributed by atoms with van der Waals surface area (Å²) in [6, 6.07) is 10.3. The molecule has 13 heavy (non-hydrogen) atoms. The fourth-order valence-electron chi connectivity index (χ4n) is 1.15. The number of anilines is 1. The number of nitrogens with zero attached hydrogens (tertiary/aromatic N) is 2. The van der Waals surface area contributed by atoms with Crippen LogP contribution in [0, 0.1) is 11.3 Å². The molecule has 0 amide bonds. The Morgan fingerprint density at radius 2 is 2.08 bits per heavy atom. The molecule has 1 rings (SSSR count). The van der Waals surface area contributed by atoms with Crippen molar-refractivity contribution in [2.24, 2.45) is 0 Å². The molecule has 1 unspecified atom stereocenters. The van der Waals surface area contributed by atoms with Gasteiger partial charge in [0.25, 0.3) is 0 Å². The lowest BCUT2D eigenvalue weighted by molar-refractivity contribution is 0.977. The van der Waals surface area contributed by atoms with Crippen LogP contribution in [0.4, 0.5) is 5.69 Å². The van der Waals surface area contributed by atoms with Crippen LogP contribution < -0.4 is 4.90 Å². The van der Waals surface area contributed by atoms with Gasteiger partial charge in [0, 0.05) is 19.8 Å². The zero-order valence-electron chi connectivity index (χ0n) is 8.28. The lowest BCUT2D eigenvalue weighted by Crippen LogP contribution is -2.08. The fourth-order valence-corrected chi connectivity index (χ4v) is 1.15. The van der Waals surface area contributed by atoms with E-state index in [0.717, 1.165) is 11.3 Å². The second kappa shape index (κ2) is 3.95.